The Kier molecular flexibility index (Phi) is 6.12. The topological polar surface area (TPSA) is 34.4 Å². The van der Waals surface area contributed by atoms with E-state index in [1.54, 1.807) is 6.26 Å². The minimum Gasteiger partial charge on any atom is -0.467 e. The predicted molar refractivity (Wildman–Crippen MR) is 60.7 cm³/mol. The average Bonchev–Trinajstić information content (AvgIpc) is 2.76. The van der Waals surface area contributed by atoms with E-state index in [2.05, 4.69) is 19.2 Å². The van der Waals surface area contributed by atoms with E-state index in [9.17, 15) is 0 Å². The summed E-state index contributed by atoms with van der Waals surface area (Å²) >= 11 is 0. The molecule has 0 aliphatic rings. The monoisotopic (exact) mass is 211 g/mol. The molecular weight excluding hydrogens is 190 g/mol. The van der Waals surface area contributed by atoms with Gasteiger partial charge < -0.3 is 14.5 Å². The summed E-state index contributed by atoms with van der Waals surface area (Å²) in [6.07, 6.45) is 4.14. The SMILES string of the molecule is CCCNCC(CC)OCc1ccco1. The second-order valence-corrected chi connectivity index (χ2v) is 3.62. The molecule has 0 radical (unpaired) electrons. The van der Waals surface area contributed by atoms with Crippen molar-refractivity contribution in [1.29, 1.82) is 0 Å². The van der Waals surface area contributed by atoms with Gasteiger partial charge in [0.1, 0.15) is 12.4 Å². The van der Waals surface area contributed by atoms with Gasteiger partial charge in [-0.15, -0.1) is 0 Å². The molecule has 1 heterocycles. The molecule has 1 aromatic heterocycles. The van der Waals surface area contributed by atoms with Crippen LogP contribution in [-0.2, 0) is 11.3 Å². The lowest BCUT2D eigenvalue weighted by molar-refractivity contribution is 0.0292. The van der Waals surface area contributed by atoms with E-state index in [0.29, 0.717) is 6.61 Å². The lowest BCUT2D eigenvalue weighted by Crippen LogP contribution is -2.29. The molecule has 1 unspecified atom stereocenters. The largest absolute Gasteiger partial charge is 0.467 e. The van der Waals surface area contributed by atoms with Crippen LogP contribution < -0.4 is 5.32 Å². The molecule has 0 saturated carbocycles. The molecule has 0 aromatic carbocycles. The van der Waals surface area contributed by atoms with Crippen LogP contribution in [0.2, 0.25) is 0 Å². The molecule has 0 aliphatic carbocycles. The average molecular weight is 211 g/mol. The Morgan fingerprint density at radius 1 is 1.47 bits per heavy atom. The fourth-order valence-electron chi connectivity index (χ4n) is 1.36. The fourth-order valence-corrected chi connectivity index (χ4v) is 1.36. The number of rotatable bonds is 8. The zero-order valence-corrected chi connectivity index (χ0v) is 9.66. The maximum atomic E-state index is 5.73. The first-order chi connectivity index (χ1) is 7.36. The van der Waals surface area contributed by atoms with Gasteiger partial charge in [0.15, 0.2) is 0 Å². The van der Waals surface area contributed by atoms with Gasteiger partial charge in [0, 0.05) is 6.54 Å². The van der Waals surface area contributed by atoms with Crippen molar-refractivity contribution in [2.24, 2.45) is 0 Å². The van der Waals surface area contributed by atoms with Gasteiger partial charge in [-0.1, -0.05) is 13.8 Å². The van der Waals surface area contributed by atoms with E-state index in [0.717, 1.165) is 31.7 Å². The minimum absolute atomic E-state index is 0.279. The van der Waals surface area contributed by atoms with Crippen molar-refractivity contribution in [3.63, 3.8) is 0 Å². The fraction of sp³-hybridized carbons (Fsp3) is 0.667. The highest BCUT2D eigenvalue weighted by molar-refractivity contribution is 4.96. The van der Waals surface area contributed by atoms with Gasteiger partial charge >= 0.3 is 0 Å². The zero-order chi connectivity index (χ0) is 10.9. The van der Waals surface area contributed by atoms with Crippen molar-refractivity contribution in [2.75, 3.05) is 13.1 Å². The molecule has 0 aliphatic heterocycles. The summed E-state index contributed by atoms with van der Waals surface area (Å²) in [5.41, 5.74) is 0. The standard InChI is InChI=1S/C12H21NO2/c1-3-7-13-9-11(4-2)15-10-12-6-5-8-14-12/h5-6,8,11,13H,3-4,7,9-10H2,1-2H3. The Morgan fingerprint density at radius 2 is 2.33 bits per heavy atom. The van der Waals surface area contributed by atoms with Crippen molar-refractivity contribution in [2.45, 2.75) is 39.4 Å². The second kappa shape index (κ2) is 7.49. The molecule has 0 bridgehead atoms. The highest BCUT2D eigenvalue weighted by atomic mass is 16.5. The number of hydrogen-bond donors (Lipinski definition) is 1. The van der Waals surface area contributed by atoms with Crippen LogP contribution in [0.5, 0.6) is 0 Å². The van der Waals surface area contributed by atoms with Crippen molar-refractivity contribution >= 4 is 0 Å². The van der Waals surface area contributed by atoms with Gasteiger partial charge in [0.05, 0.1) is 12.4 Å². The maximum absolute atomic E-state index is 5.73. The Bertz CT molecular complexity index is 234. The molecule has 3 heteroatoms. The normalized spacial score (nSPS) is 12.9. The Balaban J connectivity index is 2.16. The van der Waals surface area contributed by atoms with Crippen LogP contribution in [0.1, 0.15) is 32.4 Å². The van der Waals surface area contributed by atoms with Gasteiger partial charge in [0.25, 0.3) is 0 Å². The highest BCUT2D eigenvalue weighted by Gasteiger charge is 2.06. The van der Waals surface area contributed by atoms with E-state index in [1.165, 1.54) is 0 Å². The van der Waals surface area contributed by atoms with E-state index in [1.807, 2.05) is 12.1 Å². The van der Waals surface area contributed by atoms with Gasteiger partial charge in [0.2, 0.25) is 0 Å². The minimum atomic E-state index is 0.279. The third-order valence-electron chi connectivity index (χ3n) is 2.30. The molecular formula is C12H21NO2. The molecule has 0 saturated heterocycles. The van der Waals surface area contributed by atoms with Crippen LogP contribution in [0, 0.1) is 0 Å². The Hall–Kier alpha value is -0.800. The summed E-state index contributed by atoms with van der Waals surface area (Å²) < 4.78 is 10.9. The zero-order valence-electron chi connectivity index (χ0n) is 9.66. The first-order valence-electron chi connectivity index (χ1n) is 5.71. The van der Waals surface area contributed by atoms with Crippen LogP contribution in [0.4, 0.5) is 0 Å². The van der Waals surface area contributed by atoms with Gasteiger partial charge in [-0.2, -0.15) is 0 Å². The third-order valence-corrected chi connectivity index (χ3v) is 2.30. The molecule has 1 aromatic rings. The summed E-state index contributed by atoms with van der Waals surface area (Å²) in [6.45, 7) is 6.85. The number of nitrogens with one attached hydrogen (secondary N) is 1. The maximum Gasteiger partial charge on any atom is 0.129 e. The summed E-state index contributed by atoms with van der Waals surface area (Å²) in [5.74, 6) is 0.893. The molecule has 1 N–H and O–H groups in total. The van der Waals surface area contributed by atoms with Crippen LogP contribution in [-0.4, -0.2) is 19.2 Å². The second-order valence-electron chi connectivity index (χ2n) is 3.62. The van der Waals surface area contributed by atoms with Crippen LogP contribution in [0.15, 0.2) is 22.8 Å². The molecule has 86 valence electrons. The predicted octanol–water partition coefficient (Wildman–Crippen LogP) is 2.57. The van der Waals surface area contributed by atoms with E-state index in [-0.39, 0.29) is 6.10 Å². The first kappa shape index (κ1) is 12.3. The Labute approximate surface area is 91.8 Å². The van der Waals surface area contributed by atoms with Crippen LogP contribution in [0.3, 0.4) is 0 Å². The number of ether oxygens (including phenoxy) is 1. The quantitative estimate of drug-likeness (QED) is 0.671. The summed E-state index contributed by atoms with van der Waals surface area (Å²) in [7, 11) is 0. The Morgan fingerprint density at radius 3 is 2.93 bits per heavy atom. The van der Waals surface area contributed by atoms with E-state index >= 15 is 0 Å². The highest BCUT2D eigenvalue weighted by Crippen LogP contribution is 2.05. The third kappa shape index (κ3) is 5.00. The van der Waals surface area contributed by atoms with Crippen molar-refractivity contribution in [3.05, 3.63) is 24.2 Å². The summed E-state index contributed by atoms with van der Waals surface area (Å²) in [6, 6.07) is 3.82. The smallest absolute Gasteiger partial charge is 0.129 e. The van der Waals surface area contributed by atoms with Crippen molar-refractivity contribution in [3.8, 4) is 0 Å². The summed E-state index contributed by atoms with van der Waals surface area (Å²) in [4.78, 5) is 0. The van der Waals surface area contributed by atoms with Gasteiger partial charge in [-0.3, -0.25) is 0 Å². The van der Waals surface area contributed by atoms with Crippen LogP contribution >= 0.6 is 0 Å². The molecule has 0 fully saturated rings. The van der Waals surface area contributed by atoms with Crippen molar-refractivity contribution < 1.29 is 9.15 Å². The van der Waals surface area contributed by atoms with Gasteiger partial charge in [-0.25, -0.2) is 0 Å². The summed E-state index contributed by atoms with van der Waals surface area (Å²) in [5, 5.41) is 3.36. The van der Waals surface area contributed by atoms with Crippen molar-refractivity contribution in [1.82, 2.24) is 5.32 Å². The number of furan rings is 1. The molecule has 0 spiro atoms. The first-order valence-corrected chi connectivity index (χ1v) is 5.71. The van der Waals surface area contributed by atoms with E-state index < -0.39 is 0 Å². The molecule has 3 nitrogen and oxygen atoms in total. The molecule has 15 heavy (non-hydrogen) atoms. The lowest BCUT2D eigenvalue weighted by atomic mass is 10.2. The lowest BCUT2D eigenvalue weighted by Gasteiger charge is -2.15. The van der Waals surface area contributed by atoms with E-state index in [4.69, 9.17) is 9.15 Å². The van der Waals surface area contributed by atoms with Crippen LogP contribution in [0.25, 0.3) is 0 Å². The molecule has 1 atom stereocenters. The molecule has 0 amide bonds. The molecule has 1 rings (SSSR count). The number of hydrogen-bond acceptors (Lipinski definition) is 3. The van der Waals surface area contributed by atoms with Gasteiger partial charge in [-0.05, 0) is 31.5 Å².